The highest BCUT2D eigenvalue weighted by molar-refractivity contribution is 7.53. The number of nitrogens with one attached hydrogen (secondary N) is 1. The van der Waals surface area contributed by atoms with Crippen molar-refractivity contribution in [2.75, 3.05) is 38.3 Å². The zero-order valence-corrected chi connectivity index (χ0v) is 14.5. The van der Waals surface area contributed by atoms with Crippen molar-refractivity contribution in [2.45, 2.75) is 20.3 Å². The summed E-state index contributed by atoms with van der Waals surface area (Å²) in [6, 6.07) is 4.58. The van der Waals surface area contributed by atoms with E-state index in [1.165, 1.54) is 13.2 Å². The number of rotatable bonds is 11. The van der Waals surface area contributed by atoms with Gasteiger partial charge in [0.25, 0.3) is 5.69 Å². The van der Waals surface area contributed by atoms with E-state index in [-0.39, 0.29) is 11.8 Å². The van der Waals surface area contributed by atoms with E-state index >= 15 is 0 Å². The Labute approximate surface area is 135 Å². The fraction of sp³-hybridized carbons (Fsp3) is 0.571. The molecule has 0 radical (unpaired) electrons. The molecular weight excluding hydrogens is 323 g/mol. The van der Waals surface area contributed by atoms with Gasteiger partial charge in [-0.2, -0.15) is 0 Å². The average molecular weight is 346 g/mol. The van der Waals surface area contributed by atoms with Gasteiger partial charge in [0.1, 0.15) is 11.4 Å². The number of benzene rings is 1. The number of nitro groups is 1. The molecule has 0 saturated carbocycles. The van der Waals surface area contributed by atoms with E-state index < -0.39 is 12.5 Å². The molecule has 8 nitrogen and oxygen atoms in total. The molecule has 1 aromatic carbocycles. The SMILES string of the molecule is CCOP(=O)(CCCNc1ccc(OC)cc1[N+](=O)[O-])OCC. The van der Waals surface area contributed by atoms with Crippen LogP contribution in [0, 0.1) is 10.1 Å². The standard InChI is InChI=1S/C14H23N2O6P/c1-4-21-23(19,22-5-2)10-6-9-15-13-8-7-12(20-3)11-14(13)16(17)18/h7-8,11,15H,4-6,9-10H2,1-3H3. The first-order chi connectivity index (χ1) is 11.0. The first-order valence-corrected chi connectivity index (χ1v) is 9.13. The van der Waals surface area contributed by atoms with Gasteiger partial charge in [-0.1, -0.05) is 0 Å². The second kappa shape index (κ2) is 9.50. The second-order valence-corrected chi connectivity index (χ2v) is 6.78. The highest BCUT2D eigenvalue weighted by Gasteiger charge is 2.22. The summed E-state index contributed by atoms with van der Waals surface area (Å²) in [6.45, 7) is 4.55. The van der Waals surface area contributed by atoms with Gasteiger partial charge in [0.05, 0.1) is 37.5 Å². The van der Waals surface area contributed by atoms with Gasteiger partial charge in [-0.15, -0.1) is 0 Å². The molecule has 0 atom stereocenters. The number of methoxy groups -OCH3 is 1. The van der Waals surface area contributed by atoms with Crippen molar-refractivity contribution in [3.05, 3.63) is 28.3 Å². The van der Waals surface area contributed by atoms with Crippen LogP contribution >= 0.6 is 7.60 Å². The van der Waals surface area contributed by atoms with Gasteiger partial charge in [0.2, 0.25) is 0 Å². The van der Waals surface area contributed by atoms with Crippen LogP contribution < -0.4 is 10.1 Å². The van der Waals surface area contributed by atoms with Gasteiger partial charge in [0, 0.05) is 6.54 Å². The maximum absolute atomic E-state index is 12.3. The molecule has 0 aliphatic carbocycles. The maximum atomic E-state index is 12.3. The predicted octanol–water partition coefficient (Wildman–Crippen LogP) is 3.67. The maximum Gasteiger partial charge on any atom is 0.330 e. The largest absolute Gasteiger partial charge is 0.496 e. The quantitative estimate of drug-likeness (QED) is 0.282. The number of anilines is 1. The van der Waals surface area contributed by atoms with Crippen LogP contribution in [0.1, 0.15) is 20.3 Å². The molecule has 1 rings (SSSR count). The number of hydrogen-bond donors (Lipinski definition) is 1. The smallest absolute Gasteiger partial charge is 0.330 e. The molecule has 0 spiro atoms. The van der Waals surface area contributed by atoms with E-state index in [1.807, 2.05) is 0 Å². The van der Waals surface area contributed by atoms with Crippen molar-refractivity contribution < 1.29 is 23.3 Å². The predicted molar refractivity (Wildman–Crippen MR) is 88.5 cm³/mol. The summed E-state index contributed by atoms with van der Waals surface area (Å²) in [7, 11) is -1.63. The van der Waals surface area contributed by atoms with E-state index in [0.29, 0.717) is 37.6 Å². The minimum atomic E-state index is -3.08. The molecule has 23 heavy (non-hydrogen) atoms. The lowest BCUT2D eigenvalue weighted by molar-refractivity contribution is -0.384. The molecule has 130 valence electrons. The van der Waals surface area contributed by atoms with Crippen LogP contribution in [-0.2, 0) is 13.6 Å². The van der Waals surface area contributed by atoms with Gasteiger partial charge >= 0.3 is 7.60 Å². The summed E-state index contributed by atoms with van der Waals surface area (Å²) in [5.74, 6) is 0.416. The van der Waals surface area contributed by atoms with Crippen LogP contribution in [-0.4, -0.2) is 38.0 Å². The first kappa shape index (κ1) is 19.4. The van der Waals surface area contributed by atoms with Crippen LogP contribution in [0.5, 0.6) is 5.75 Å². The van der Waals surface area contributed by atoms with Crippen LogP contribution in [0.25, 0.3) is 0 Å². The summed E-state index contributed by atoms with van der Waals surface area (Å²) in [5.41, 5.74) is 0.320. The van der Waals surface area contributed by atoms with Crippen molar-refractivity contribution in [3.63, 3.8) is 0 Å². The number of hydrogen-bond acceptors (Lipinski definition) is 7. The van der Waals surface area contributed by atoms with Crippen LogP contribution in [0.3, 0.4) is 0 Å². The van der Waals surface area contributed by atoms with E-state index in [2.05, 4.69) is 5.32 Å². The van der Waals surface area contributed by atoms with Gasteiger partial charge in [0.15, 0.2) is 0 Å². The third-order valence-electron chi connectivity index (χ3n) is 2.98. The zero-order valence-electron chi connectivity index (χ0n) is 13.6. The van der Waals surface area contributed by atoms with Crippen molar-refractivity contribution in [3.8, 4) is 5.75 Å². The Balaban J connectivity index is 2.62. The lowest BCUT2D eigenvalue weighted by Gasteiger charge is -2.17. The molecular formula is C14H23N2O6P. The highest BCUT2D eigenvalue weighted by atomic mass is 31.2. The van der Waals surface area contributed by atoms with Gasteiger partial charge in [-0.25, -0.2) is 0 Å². The van der Waals surface area contributed by atoms with Crippen molar-refractivity contribution >= 4 is 19.0 Å². The molecule has 1 aromatic rings. The Hall–Kier alpha value is -1.63. The van der Waals surface area contributed by atoms with E-state index in [4.69, 9.17) is 13.8 Å². The van der Waals surface area contributed by atoms with Gasteiger partial charge in [-0.05, 0) is 32.4 Å². The third-order valence-corrected chi connectivity index (χ3v) is 5.14. The Bertz CT molecular complexity index is 556. The molecule has 0 aromatic heterocycles. The molecule has 0 bridgehead atoms. The fourth-order valence-electron chi connectivity index (χ4n) is 1.99. The summed E-state index contributed by atoms with van der Waals surface area (Å²) in [4.78, 5) is 10.6. The summed E-state index contributed by atoms with van der Waals surface area (Å²) in [5, 5.41) is 14.1. The Morgan fingerprint density at radius 2 is 1.91 bits per heavy atom. The van der Waals surface area contributed by atoms with Crippen molar-refractivity contribution in [1.29, 1.82) is 0 Å². The monoisotopic (exact) mass is 346 g/mol. The lowest BCUT2D eigenvalue weighted by atomic mass is 10.2. The Kier molecular flexibility index (Phi) is 8.02. The minimum Gasteiger partial charge on any atom is -0.496 e. The number of ether oxygens (including phenoxy) is 1. The number of nitro benzene ring substituents is 1. The normalized spacial score (nSPS) is 11.3. The van der Waals surface area contributed by atoms with Crippen molar-refractivity contribution in [2.24, 2.45) is 0 Å². The average Bonchev–Trinajstić information content (AvgIpc) is 2.52. The Morgan fingerprint density at radius 3 is 2.43 bits per heavy atom. The molecule has 0 aliphatic heterocycles. The molecule has 0 heterocycles. The van der Waals surface area contributed by atoms with Gasteiger partial charge in [-0.3, -0.25) is 14.7 Å². The lowest BCUT2D eigenvalue weighted by Crippen LogP contribution is -2.08. The molecule has 0 unspecified atom stereocenters. The molecule has 0 fully saturated rings. The van der Waals surface area contributed by atoms with E-state index in [1.54, 1.807) is 26.0 Å². The minimum absolute atomic E-state index is 0.0675. The molecule has 0 amide bonds. The van der Waals surface area contributed by atoms with E-state index in [9.17, 15) is 14.7 Å². The van der Waals surface area contributed by atoms with Crippen LogP contribution in [0.4, 0.5) is 11.4 Å². The molecule has 1 N–H and O–H groups in total. The molecule has 9 heteroatoms. The number of nitrogens with zero attached hydrogens (tertiary/aromatic N) is 1. The summed E-state index contributed by atoms with van der Waals surface area (Å²) < 4.78 is 27.7. The topological polar surface area (TPSA) is 99.9 Å². The van der Waals surface area contributed by atoms with Crippen LogP contribution in [0.15, 0.2) is 18.2 Å². The van der Waals surface area contributed by atoms with Gasteiger partial charge < -0.3 is 19.1 Å². The third kappa shape index (κ3) is 6.17. The molecule has 0 aliphatic rings. The van der Waals surface area contributed by atoms with Crippen molar-refractivity contribution in [1.82, 2.24) is 0 Å². The van der Waals surface area contributed by atoms with Crippen LogP contribution in [0.2, 0.25) is 0 Å². The van der Waals surface area contributed by atoms with E-state index in [0.717, 1.165) is 0 Å². The summed E-state index contributed by atoms with van der Waals surface area (Å²) in [6.07, 6.45) is 0.756. The summed E-state index contributed by atoms with van der Waals surface area (Å²) >= 11 is 0. The Morgan fingerprint density at radius 1 is 1.26 bits per heavy atom. The highest BCUT2D eigenvalue weighted by Crippen LogP contribution is 2.48. The first-order valence-electron chi connectivity index (χ1n) is 7.40. The second-order valence-electron chi connectivity index (χ2n) is 4.59. The molecule has 0 saturated heterocycles. The fourth-order valence-corrected chi connectivity index (χ4v) is 3.66. The zero-order chi connectivity index (χ0) is 17.3.